The van der Waals surface area contributed by atoms with Gasteiger partial charge in [-0.25, -0.2) is 9.80 Å². The smallest absolute Gasteiger partial charge is 0.427 e. The Labute approximate surface area is 82.8 Å². The highest BCUT2D eigenvalue weighted by atomic mass is 16.4. The van der Waals surface area contributed by atoms with Crippen molar-refractivity contribution in [2.24, 2.45) is 11.7 Å². The first-order chi connectivity index (χ1) is 6.69. The highest BCUT2D eigenvalue weighted by molar-refractivity contribution is 5.78. The van der Waals surface area contributed by atoms with Crippen molar-refractivity contribution in [2.45, 2.75) is 12.8 Å². The Morgan fingerprint density at radius 1 is 1.64 bits per heavy atom. The van der Waals surface area contributed by atoms with Crippen molar-refractivity contribution in [3.05, 3.63) is 0 Å². The summed E-state index contributed by atoms with van der Waals surface area (Å²) in [6.45, 7) is 1.97. The first-order valence-corrected chi connectivity index (χ1v) is 4.66. The minimum Gasteiger partial charge on any atom is -0.464 e. The van der Waals surface area contributed by atoms with E-state index in [2.05, 4.69) is 0 Å². The second-order valence-electron chi connectivity index (χ2n) is 3.39. The Kier molecular flexibility index (Phi) is 3.84. The standard InChI is InChI=1S/C8H16N4O2/c9-5-7-1-3-11(4-2-7)12(6-10)8(13)14/h6-7,10H,1-5,9H2,(H,13,14). The minimum absolute atomic E-state index is 0.493. The van der Waals surface area contributed by atoms with Crippen LogP contribution in [0.3, 0.4) is 0 Å². The zero-order valence-corrected chi connectivity index (χ0v) is 8.02. The second kappa shape index (κ2) is 4.92. The van der Waals surface area contributed by atoms with Crippen LogP contribution in [0.4, 0.5) is 4.79 Å². The molecule has 0 bridgehead atoms. The third-order valence-electron chi connectivity index (χ3n) is 2.55. The molecule has 1 aliphatic heterocycles. The molecule has 80 valence electrons. The number of hydrogen-bond donors (Lipinski definition) is 3. The van der Waals surface area contributed by atoms with E-state index in [1.165, 1.54) is 0 Å². The zero-order chi connectivity index (χ0) is 10.6. The Morgan fingerprint density at radius 3 is 2.57 bits per heavy atom. The molecule has 1 fully saturated rings. The van der Waals surface area contributed by atoms with Crippen LogP contribution in [-0.2, 0) is 0 Å². The number of nitrogens with two attached hydrogens (primary N) is 1. The van der Waals surface area contributed by atoms with Crippen LogP contribution in [-0.4, -0.2) is 47.2 Å². The van der Waals surface area contributed by atoms with E-state index < -0.39 is 6.09 Å². The number of carbonyl (C=O) groups is 1. The monoisotopic (exact) mass is 200 g/mol. The van der Waals surface area contributed by atoms with Crippen molar-refractivity contribution < 1.29 is 9.90 Å². The predicted octanol–water partition coefficient (Wildman–Crippen LogP) is 0.159. The predicted molar refractivity (Wildman–Crippen MR) is 52.0 cm³/mol. The fourth-order valence-corrected chi connectivity index (χ4v) is 1.63. The topological polar surface area (TPSA) is 93.6 Å². The summed E-state index contributed by atoms with van der Waals surface area (Å²) < 4.78 is 0. The number of rotatable bonds is 3. The zero-order valence-electron chi connectivity index (χ0n) is 8.02. The number of nitrogens with zero attached hydrogens (tertiary/aromatic N) is 2. The fourth-order valence-electron chi connectivity index (χ4n) is 1.63. The van der Waals surface area contributed by atoms with Crippen molar-refractivity contribution in [3.63, 3.8) is 0 Å². The molecule has 0 unspecified atom stereocenters. The van der Waals surface area contributed by atoms with Crippen LogP contribution in [0.15, 0.2) is 0 Å². The lowest BCUT2D eigenvalue weighted by Gasteiger charge is -2.35. The molecule has 0 aromatic carbocycles. The van der Waals surface area contributed by atoms with Crippen LogP contribution in [0.5, 0.6) is 0 Å². The number of amides is 1. The van der Waals surface area contributed by atoms with Crippen LogP contribution in [0, 0.1) is 11.3 Å². The molecule has 1 heterocycles. The lowest BCUT2D eigenvalue weighted by atomic mass is 9.98. The lowest BCUT2D eigenvalue weighted by molar-refractivity contribution is 0.0221. The molecular weight excluding hydrogens is 184 g/mol. The average Bonchev–Trinajstić information content (AvgIpc) is 2.19. The van der Waals surface area contributed by atoms with E-state index in [-0.39, 0.29) is 0 Å². The summed E-state index contributed by atoms with van der Waals surface area (Å²) >= 11 is 0. The molecule has 0 saturated carbocycles. The van der Waals surface area contributed by atoms with Gasteiger partial charge in [0.25, 0.3) is 0 Å². The van der Waals surface area contributed by atoms with Crippen molar-refractivity contribution >= 4 is 12.4 Å². The Balaban J connectivity index is 2.47. The molecule has 0 radical (unpaired) electrons. The van der Waals surface area contributed by atoms with Crippen molar-refractivity contribution in [1.29, 1.82) is 5.41 Å². The SMILES string of the molecule is N=CN(C(=O)O)N1CCC(CN)CC1. The van der Waals surface area contributed by atoms with Gasteiger partial charge in [-0.15, -0.1) is 0 Å². The maximum absolute atomic E-state index is 10.7. The average molecular weight is 200 g/mol. The third kappa shape index (κ3) is 2.43. The van der Waals surface area contributed by atoms with Gasteiger partial charge >= 0.3 is 6.09 Å². The van der Waals surface area contributed by atoms with Crippen LogP contribution in [0.25, 0.3) is 0 Å². The van der Waals surface area contributed by atoms with Crippen molar-refractivity contribution in [3.8, 4) is 0 Å². The van der Waals surface area contributed by atoms with Crippen LogP contribution in [0.1, 0.15) is 12.8 Å². The van der Waals surface area contributed by atoms with Gasteiger partial charge in [-0.05, 0) is 25.3 Å². The molecule has 0 aromatic rings. The molecule has 1 aliphatic rings. The number of nitrogens with one attached hydrogen (secondary N) is 1. The van der Waals surface area contributed by atoms with Gasteiger partial charge in [-0.3, -0.25) is 5.41 Å². The normalized spacial score (nSPS) is 19.2. The quantitative estimate of drug-likeness (QED) is 0.447. The van der Waals surface area contributed by atoms with Gasteiger partial charge in [0.1, 0.15) is 6.34 Å². The summed E-state index contributed by atoms with van der Waals surface area (Å²) in [6, 6.07) is 0. The van der Waals surface area contributed by atoms with E-state index in [0.717, 1.165) is 24.2 Å². The largest absolute Gasteiger partial charge is 0.464 e. The van der Waals surface area contributed by atoms with Gasteiger partial charge in [0.2, 0.25) is 0 Å². The summed E-state index contributed by atoms with van der Waals surface area (Å²) in [4.78, 5) is 10.7. The highest BCUT2D eigenvalue weighted by Gasteiger charge is 2.24. The Hall–Kier alpha value is -1.14. The van der Waals surface area contributed by atoms with Crippen LogP contribution < -0.4 is 5.73 Å². The maximum atomic E-state index is 10.7. The molecule has 1 saturated heterocycles. The number of hydrazine groups is 1. The van der Waals surface area contributed by atoms with Gasteiger partial charge in [0, 0.05) is 13.1 Å². The number of piperidine rings is 1. The summed E-state index contributed by atoms with van der Waals surface area (Å²) in [6.07, 6.45) is 1.51. The van der Waals surface area contributed by atoms with Crippen LogP contribution >= 0.6 is 0 Å². The maximum Gasteiger partial charge on any atom is 0.427 e. The molecule has 0 atom stereocenters. The van der Waals surface area contributed by atoms with E-state index in [1.54, 1.807) is 5.01 Å². The van der Waals surface area contributed by atoms with E-state index in [4.69, 9.17) is 16.2 Å². The van der Waals surface area contributed by atoms with E-state index in [0.29, 0.717) is 25.6 Å². The second-order valence-corrected chi connectivity index (χ2v) is 3.39. The third-order valence-corrected chi connectivity index (χ3v) is 2.55. The summed E-state index contributed by atoms with van der Waals surface area (Å²) in [5.74, 6) is 0.493. The fraction of sp³-hybridized carbons (Fsp3) is 0.750. The first kappa shape index (κ1) is 10.9. The highest BCUT2D eigenvalue weighted by Crippen LogP contribution is 2.16. The molecule has 4 N–H and O–H groups in total. The summed E-state index contributed by atoms with van der Waals surface area (Å²) in [5.41, 5.74) is 5.52. The van der Waals surface area contributed by atoms with Crippen LogP contribution in [0.2, 0.25) is 0 Å². The van der Waals surface area contributed by atoms with Crippen molar-refractivity contribution in [2.75, 3.05) is 19.6 Å². The molecule has 1 amide bonds. The molecule has 6 heteroatoms. The molecule has 0 aliphatic carbocycles. The molecular formula is C8H16N4O2. The molecule has 1 rings (SSSR count). The van der Waals surface area contributed by atoms with Gasteiger partial charge < -0.3 is 10.8 Å². The molecule has 0 aromatic heterocycles. The van der Waals surface area contributed by atoms with Gasteiger partial charge in [0.15, 0.2) is 0 Å². The van der Waals surface area contributed by atoms with Gasteiger partial charge in [0.05, 0.1) is 0 Å². The summed E-state index contributed by atoms with van der Waals surface area (Å²) in [5, 5.41) is 18.3. The number of carboxylic acid groups (broad SMARTS) is 1. The lowest BCUT2D eigenvalue weighted by Crippen LogP contribution is -2.49. The van der Waals surface area contributed by atoms with Gasteiger partial charge in [-0.2, -0.15) is 5.01 Å². The Morgan fingerprint density at radius 2 is 2.21 bits per heavy atom. The molecule has 14 heavy (non-hydrogen) atoms. The van der Waals surface area contributed by atoms with E-state index in [1.807, 2.05) is 0 Å². The van der Waals surface area contributed by atoms with E-state index in [9.17, 15) is 4.79 Å². The number of hydrogen-bond acceptors (Lipinski definition) is 4. The molecule has 6 nitrogen and oxygen atoms in total. The summed E-state index contributed by atoms with van der Waals surface area (Å²) in [7, 11) is 0. The minimum atomic E-state index is -1.11. The van der Waals surface area contributed by atoms with Gasteiger partial charge in [-0.1, -0.05) is 0 Å². The van der Waals surface area contributed by atoms with E-state index >= 15 is 0 Å². The first-order valence-electron chi connectivity index (χ1n) is 4.66. The Bertz CT molecular complexity index is 213. The molecule has 0 spiro atoms. The van der Waals surface area contributed by atoms with Crippen molar-refractivity contribution in [1.82, 2.24) is 10.0 Å².